The van der Waals surface area contributed by atoms with Gasteiger partial charge in [0.15, 0.2) is 5.78 Å². The Morgan fingerprint density at radius 1 is 1.22 bits per heavy atom. The van der Waals surface area contributed by atoms with Gasteiger partial charge in [-0.25, -0.2) is 0 Å². The summed E-state index contributed by atoms with van der Waals surface area (Å²) in [6.07, 6.45) is 5.66. The number of aromatic nitrogens is 2. The van der Waals surface area contributed by atoms with Gasteiger partial charge in [-0.1, -0.05) is 6.42 Å². The summed E-state index contributed by atoms with van der Waals surface area (Å²) in [4.78, 5) is 68.7. The molecular weight excluding hydrogens is 478 g/mol. The molecule has 11 nitrogen and oxygen atoms in total. The quantitative estimate of drug-likeness (QED) is 0.393. The van der Waals surface area contributed by atoms with Crippen LogP contribution >= 0.6 is 0 Å². The third-order valence-electron chi connectivity index (χ3n) is 8.34. The summed E-state index contributed by atoms with van der Waals surface area (Å²) >= 11 is 0. The number of fused-ring (bicyclic) bond motifs is 2. The van der Waals surface area contributed by atoms with Crippen molar-refractivity contribution in [1.82, 2.24) is 25.1 Å². The Labute approximate surface area is 213 Å². The van der Waals surface area contributed by atoms with E-state index in [0.717, 1.165) is 19.3 Å². The van der Waals surface area contributed by atoms with Crippen molar-refractivity contribution in [2.24, 2.45) is 24.8 Å². The normalized spacial score (nSPS) is 25.8. The number of pyridine rings is 1. The molecule has 0 unspecified atom stereocenters. The van der Waals surface area contributed by atoms with Crippen molar-refractivity contribution in [2.45, 2.75) is 50.6 Å². The van der Waals surface area contributed by atoms with Crippen LogP contribution in [-0.2, 0) is 21.4 Å². The topological polar surface area (TPSA) is 154 Å². The molecule has 1 aliphatic carbocycles. The maximum atomic E-state index is 13.6. The SMILES string of the molecule is Cn1ccc2[nH]c(C(=O)N3C[C@@H]4CCC[C@@H]4[C@H]3C(=O)N[C@@H](CC[C@@H]3CCNC3=O)C(=O)CO)cc2c1=O. The van der Waals surface area contributed by atoms with Crippen molar-refractivity contribution in [3.05, 3.63) is 34.4 Å². The van der Waals surface area contributed by atoms with E-state index >= 15 is 0 Å². The molecule has 5 rings (SSSR count). The van der Waals surface area contributed by atoms with E-state index in [1.54, 1.807) is 24.2 Å². The second-order valence-corrected chi connectivity index (χ2v) is 10.5. The Morgan fingerprint density at radius 3 is 2.76 bits per heavy atom. The third kappa shape index (κ3) is 4.68. The summed E-state index contributed by atoms with van der Waals surface area (Å²) in [5.41, 5.74) is 0.574. The predicted molar refractivity (Wildman–Crippen MR) is 134 cm³/mol. The summed E-state index contributed by atoms with van der Waals surface area (Å²) in [5, 5.41) is 15.5. The number of nitrogens with one attached hydrogen (secondary N) is 3. The molecule has 0 aromatic carbocycles. The lowest BCUT2D eigenvalue weighted by atomic mass is 9.92. The van der Waals surface area contributed by atoms with Crippen LogP contribution < -0.4 is 16.2 Å². The number of hydrogen-bond donors (Lipinski definition) is 4. The van der Waals surface area contributed by atoms with E-state index in [4.69, 9.17) is 0 Å². The van der Waals surface area contributed by atoms with E-state index < -0.39 is 30.4 Å². The molecule has 1 saturated carbocycles. The third-order valence-corrected chi connectivity index (χ3v) is 8.34. The van der Waals surface area contributed by atoms with Crippen molar-refractivity contribution < 1.29 is 24.3 Å². The van der Waals surface area contributed by atoms with Gasteiger partial charge in [-0.05, 0) is 56.1 Å². The van der Waals surface area contributed by atoms with Gasteiger partial charge >= 0.3 is 0 Å². The number of nitrogens with zero attached hydrogens (tertiary/aromatic N) is 2. The highest BCUT2D eigenvalue weighted by Crippen LogP contribution is 2.43. The fourth-order valence-electron chi connectivity index (χ4n) is 6.31. The molecule has 3 amide bonds. The van der Waals surface area contributed by atoms with Crippen molar-refractivity contribution in [3.63, 3.8) is 0 Å². The van der Waals surface area contributed by atoms with Crippen LogP contribution in [0.5, 0.6) is 0 Å². The molecule has 2 saturated heterocycles. The average Bonchev–Trinajstić information content (AvgIpc) is 3.66. The highest BCUT2D eigenvalue weighted by Gasteiger charge is 2.50. The first-order chi connectivity index (χ1) is 17.8. The van der Waals surface area contributed by atoms with Gasteiger partial charge in [0, 0.05) is 32.3 Å². The number of aromatic amines is 1. The van der Waals surface area contributed by atoms with Crippen LogP contribution in [0.2, 0.25) is 0 Å². The van der Waals surface area contributed by atoms with E-state index in [2.05, 4.69) is 15.6 Å². The summed E-state index contributed by atoms with van der Waals surface area (Å²) in [7, 11) is 1.64. The van der Waals surface area contributed by atoms with Gasteiger partial charge < -0.3 is 30.2 Å². The summed E-state index contributed by atoms with van der Waals surface area (Å²) < 4.78 is 1.44. The van der Waals surface area contributed by atoms with E-state index in [0.29, 0.717) is 36.8 Å². The number of aliphatic hydroxyl groups excluding tert-OH is 1. The number of aryl methyl sites for hydroxylation is 1. The highest BCUT2D eigenvalue weighted by molar-refractivity contribution is 6.01. The molecule has 3 fully saturated rings. The maximum absolute atomic E-state index is 13.6. The molecule has 2 aromatic heterocycles. The second-order valence-electron chi connectivity index (χ2n) is 10.5. The summed E-state index contributed by atoms with van der Waals surface area (Å²) in [6.45, 7) is 0.303. The minimum absolute atomic E-state index is 0.0216. The number of carbonyl (C=O) groups is 4. The molecule has 5 atom stereocenters. The van der Waals surface area contributed by atoms with Crippen LogP contribution in [0.4, 0.5) is 0 Å². The molecule has 2 aliphatic heterocycles. The molecule has 37 heavy (non-hydrogen) atoms. The van der Waals surface area contributed by atoms with Crippen LogP contribution in [0.1, 0.15) is 49.0 Å². The van der Waals surface area contributed by atoms with Crippen LogP contribution in [0.3, 0.4) is 0 Å². The smallest absolute Gasteiger partial charge is 0.271 e. The monoisotopic (exact) mass is 511 g/mol. The van der Waals surface area contributed by atoms with Crippen molar-refractivity contribution in [1.29, 1.82) is 0 Å². The van der Waals surface area contributed by atoms with Gasteiger partial charge in [-0.3, -0.25) is 24.0 Å². The van der Waals surface area contributed by atoms with E-state index in [-0.39, 0.29) is 47.2 Å². The zero-order valence-corrected chi connectivity index (χ0v) is 20.9. The Bertz CT molecular complexity index is 1300. The standard InChI is InChI=1S/C26H33N5O6/c1-30-10-8-18-17(25(30)36)11-20(28-18)26(37)31-12-15-3-2-4-16(15)22(31)24(35)29-19(21(33)13-32)6-5-14-7-9-27-23(14)34/h8,10-11,14-16,19,22,28,32H,2-7,9,12-13H2,1H3,(H,27,34)(H,29,35)/t14-,15+,16+,19+,22+/m1/s1. The number of amides is 3. The number of likely N-dealkylation sites (tertiary alicyclic amines) is 1. The zero-order valence-electron chi connectivity index (χ0n) is 20.9. The molecule has 2 aromatic rings. The van der Waals surface area contributed by atoms with Crippen LogP contribution in [0.25, 0.3) is 10.9 Å². The first kappa shape index (κ1) is 25.2. The molecule has 4 N–H and O–H groups in total. The van der Waals surface area contributed by atoms with E-state index in [1.165, 1.54) is 10.6 Å². The lowest BCUT2D eigenvalue weighted by Crippen LogP contribution is -2.53. The van der Waals surface area contributed by atoms with Crippen LogP contribution in [0, 0.1) is 17.8 Å². The molecule has 11 heteroatoms. The molecule has 198 valence electrons. The number of Topliss-reactive ketones (excluding diaryl/α,β-unsaturated/α-hetero) is 1. The number of hydrogen-bond acceptors (Lipinski definition) is 6. The number of H-pyrrole nitrogens is 1. The fraction of sp³-hybridized carbons (Fsp3) is 0.577. The van der Waals surface area contributed by atoms with Gasteiger partial charge in [0.2, 0.25) is 11.8 Å². The summed E-state index contributed by atoms with van der Waals surface area (Å²) in [5.74, 6) is -1.41. The van der Waals surface area contributed by atoms with Crippen molar-refractivity contribution in [3.8, 4) is 0 Å². The Balaban J connectivity index is 1.36. The summed E-state index contributed by atoms with van der Waals surface area (Å²) in [6, 6.07) is 1.58. The first-order valence-corrected chi connectivity index (χ1v) is 13.0. The number of rotatable bonds is 8. The average molecular weight is 512 g/mol. The molecule has 0 radical (unpaired) electrons. The number of carbonyl (C=O) groups excluding carboxylic acids is 4. The predicted octanol–water partition coefficient (Wildman–Crippen LogP) is 0.0698. The minimum Gasteiger partial charge on any atom is -0.389 e. The number of aliphatic hydroxyl groups is 1. The van der Waals surface area contributed by atoms with Gasteiger partial charge in [-0.15, -0.1) is 0 Å². The Hall–Kier alpha value is -3.47. The lowest BCUT2D eigenvalue weighted by molar-refractivity contribution is -0.132. The second kappa shape index (κ2) is 10.1. The van der Waals surface area contributed by atoms with Gasteiger partial charge in [-0.2, -0.15) is 0 Å². The van der Waals surface area contributed by atoms with Gasteiger partial charge in [0.05, 0.1) is 16.9 Å². The molecular formula is C26H33N5O6. The largest absolute Gasteiger partial charge is 0.389 e. The van der Waals surface area contributed by atoms with E-state index in [1.807, 2.05) is 0 Å². The molecule has 0 spiro atoms. The van der Waals surface area contributed by atoms with E-state index in [9.17, 15) is 29.1 Å². The zero-order chi connectivity index (χ0) is 26.3. The lowest BCUT2D eigenvalue weighted by Gasteiger charge is -2.28. The first-order valence-electron chi connectivity index (χ1n) is 13.0. The number of ketones is 1. The van der Waals surface area contributed by atoms with Crippen molar-refractivity contribution >= 4 is 34.4 Å². The van der Waals surface area contributed by atoms with Crippen LogP contribution in [0.15, 0.2) is 23.1 Å². The molecule has 4 heterocycles. The Kier molecular flexibility index (Phi) is 6.89. The fourth-order valence-corrected chi connectivity index (χ4v) is 6.31. The highest BCUT2D eigenvalue weighted by atomic mass is 16.3. The Morgan fingerprint density at radius 2 is 2.03 bits per heavy atom. The minimum atomic E-state index is -0.931. The van der Waals surface area contributed by atoms with Crippen molar-refractivity contribution in [2.75, 3.05) is 19.7 Å². The maximum Gasteiger partial charge on any atom is 0.271 e. The van der Waals surface area contributed by atoms with Gasteiger partial charge in [0.1, 0.15) is 18.3 Å². The van der Waals surface area contributed by atoms with Crippen LogP contribution in [-0.4, -0.2) is 74.8 Å². The molecule has 0 bridgehead atoms. The van der Waals surface area contributed by atoms with Gasteiger partial charge in [0.25, 0.3) is 11.5 Å². The molecule has 3 aliphatic rings.